The van der Waals surface area contributed by atoms with Crippen LogP contribution in [0.25, 0.3) is 0 Å². The van der Waals surface area contributed by atoms with Crippen molar-refractivity contribution in [2.24, 2.45) is 5.92 Å². The van der Waals surface area contributed by atoms with Crippen molar-refractivity contribution in [2.45, 2.75) is 37.9 Å². The number of alkyl halides is 3. The summed E-state index contributed by atoms with van der Waals surface area (Å²) in [6, 6.07) is 4.89. The summed E-state index contributed by atoms with van der Waals surface area (Å²) < 4.78 is 55.2. The standard InChI is InChI=1S/C24H26F3NO3/c25-24(26,27)20-8-10-21(11-9-20)31-16-18-5-4-12-28(15-18)23(19-6-2-1-3-7-19)22-17-29-13-14-30-22/h1-2,6,8-11,13-14,17-18,23H,3-5,7,12,15-16H2. The van der Waals surface area contributed by atoms with Crippen LogP contribution < -0.4 is 4.74 Å². The van der Waals surface area contributed by atoms with Crippen LogP contribution in [0.2, 0.25) is 0 Å². The number of halogens is 3. The zero-order valence-corrected chi connectivity index (χ0v) is 17.2. The second-order valence-corrected chi connectivity index (χ2v) is 7.99. The van der Waals surface area contributed by atoms with Crippen molar-refractivity contribution in [2.75, 3.05) is 19.7 Å². The summed E-state index contributed by atoms with van der Waals surface area (Å²) in [5, 5.41) is 0. The van der Waals surface area contributed by atoms with Gasteiger partial charge in [-0.25, -0.2) is 0 Å². The molecule has 0 N–H and O–H groups in total. The smallest absolute Gasteiger partial charge is 0.416 e. The maximum Gasteiger partial charge on any atom is 0.416 e. The van der Waals surface area contributed by atoms with E-state index in [0.717, 1.165) is 56.7 Å². The minimum absolute atomic E-state index is 0.00349. The minimum Gasteiger partial charge on any atom is -0.493 e. The SMILES string of the molecule is FC(F)(F)c1ccc(OCC2CCCN(C(C3=CC=CCC3)C3=COC=CO3)C2)cc1. The number of piperidine rings is 1. The summed E-state index contributed by atoms with van der Waals surface area (Å²) in [6.45, 7) is 2.22. The van der Waals surface area contributed by atoms with E-state index in [0.29, 0.717) is 12.4 Å². The normalized spacial score (nSPS) is 22.7. The number of hydrogen-bond acceptors (Lipinski definition) is 4. The monoisotopic (exact) mass is 433 g/mol. The van der Waals surface area contributed by atoms with Gasteiger partial charge in [-0.15, -0.1) is 0 Å². The first-order valence-electron chi connectivity index (χ1n) is 10.6. The molecule has 1 aromatic rings. The third kappa shape index (κ3) is 5.53. The highest BCUT2D eigenvalue weighted by atomic mass is 19.4. The lowest BCUT2D eigenvalue weighted by molar-refractivity contribution is -0.137. The molecule has 2 unspecified atom stereocenters. The fraction of sp³-hybridized carbons (Fsp3) is 0.417. The summed E-state index contributed by atoms with van der Waals surface area (Å²) >= 11 is 0. The Kier molecular flexibility index (Phi) is 6.70. The lowest BCUT2D eigenvalue weighted by atomic mass is 9.91. The number of benzene rings is 1. The van der Waals surface area contributed by atoms with Gasteiger partial charge >= 0.3 is 6.18 Å². The van der Waals surface area contributed by atoms with Gasteiger partial charge in [0.05, 0.1) is 18.2 Å². The molecule has 2 aliphatic heterocycles. The van der Waals surface area contributed by atoms with Crippen LogP contribution in [0.3, 0.4) is 0 Å². The van der Waals surface area contributed by atoms with Gasteiger partial charge in [-0.2, -0.15) is 13.2 Å². The van der Waals surface area contributed by atoms with Crippen molar-refractivity contribution < 1.29 is 27.4 Å². The number of ether oxygens (including phenoxy) is 3. The molecule has 0 aromatic heterocycles. The van der Waals surface area contributed by atoms with Crippen LogP contribution in [-0.4, -0.2) is 30.6 Å². The van der Waals surface area contributed by atoms with Crippen LogP contribution in [0.1, 0.15) is 31.2 Å². The molecule has 0 bridgehead atoms. The molecule has 1 saturated heterocycles. The molecule has 0 spiro atoms. The molecule has 0 saturated carbocycles. The number of hydrogen-bond donors (Lipinski definition) is 0. The quantitative estimate of drug-likeness (QED) is 0.567. The topological polar surface area (TPSA) is 30.9 Å². The van der Waals surface area contributed by atoms with Gasteiger partial charge in [0.15, 0.2) is 5.76 Å². The first-order valence-corrected chi connectivity index (χ1v) is 10.6. The molecule has 2 heterocycles. The lowest BCUT2D eigenvalue weighted by Crippen LogP contribution is -2.46. The molecular formula is C24H26F3NO3. The van der Waals surface area contributed by atoms with E-state index in [-0.39, 0.29) is 12.0 Å². The van der Waals surface area contributed by atoms with Gasteiger partial charge in [-0.3, -0.25) is 4.90 Å². The number of allylic oxidation sites excluding steroid dienone is 3. The predicted octanol–water partition coefficient (Wildman–Crippen LogP) is 5.80. The van der Waals surface area contributed by atoms with Crippen molar-refractivity contribution in [1.82, 2.24) is 4.90 Å². The molecule has 4 rings (SSSR count). The molecule has 4 nitrogen and oxygen atoms in total. The first-order chi connectivity index (χ1) is 15.0. The van der Waals surface area contributed by atoms with Crippen LogP contribution in [0, 0.1) is 5.92 Å². The second-order valence-electron chi connectivity index (χ2n) is 7.99. The van der Waals surface area contributed by atoms with Crippen LogP contribution in [0.5, 0.6) is 5.75 Å². The Morgan fingerprint density at radius 3 is 2.68 bits per heavy atom. The Labute approximate surface area is 180 Å². The van der Waals surface area contributed by atoms with E-state index in [4.69, 9.17) is 14.2 Å². The molecule has 0 radical (unpaired) electrons. The van der Waals surface area contributed by atoms with Crippen molar-refractivity contribution in [3.05, 3.63) is 78.2 Å². The maximum absolute atomic E-state index is 12.7. The molecule has 1 aromatic carbocycles. The highest BCUT2D eigenvalue weighted by Gasteiger charge is 2.33. The first kappa shape index (κ1) is 21.6. The molecule has 7 heteroatoms. The zero-order chi connectivity index (χ0) is 21.7. The van der Waals surface area contributed by atoms with E-state index in [1.54, 1.807) is 12.5 Å². The van der Waals surface area contributed by atoms with Crippen LogP contribution in [0.4, 0.5) is 13.2 Å². The highest BCUT2D eigenvalue weighted by molar-refractivity contribution is 5.30. The molecule has 1 aliphatic carbocycles. The van der Waals surface area contributed by atoms with Gasteiger partial charge in [-0.1, -0.05) is 18.2 Å². The third-order valence-electron chi connectivity index (χ3n) is 5.77. The van der Waals surface area contributed by atoms with Crippen molar-refractivity contribution in [3.8, 4) is 5.75 Å². The van der Waals surface area contributed by atoms with E-state index < -0.39 is 11.7 Å². The fourth-order valence-corrected chi connectivity index (χ4v) is 4.27. The average molecular weight is 433 g/mol. The van der Waals surface area contributed by atoms with E-state index >= 15 is 0 Å². The van der Waals surface area contributed by atoms with Gasteiger partial charge in [0.1, 0.15) is 24.5 Å². The second kappa shape index (κ2) is 9.64. The Bertz CT molecular complexity index is 871. The fourth-order valence-electron chi connectivity index (χ4n) is 4.27. The maximum atomic E-state index is 12.7. The Hall–Kier alpha value is -2.67. The highest BCUT2D eigenvalue weighted by Crippen LogP contribution is 2.32. The van der Waals surface area contributed by atoms with E-state index in [1.165, 1.54) is 24.0 Å². The van der Waals surface area contributed by atoms with Crippen molar-refractivity contribution in [1.29, 1.82) is 0 Å². The number of rotatable bonds is 6. The number of nitrogens with zero attached hydrogens (tertiary/aromatic N) is 1. The Morgan fingerprint density at radius 1 is 1.16 bits per heavy atom. The number of likely N-dealkylation sites (tertiary alicyclic amines) is 1. The lowest BCUT2D eigenvalue weighted by Gasteiger charge is -2.40. The summed E-state index contributed by atoms with van der Waals surface area (Å²) in [5.41, 5.74) is 0.621. The predicted molar refractivity (Wildman–Crippen MR) is 111 cm³/mol. The summed E-state index contributed by atoms with van der Waals surface area (Å²) in [6.07, 6.45) is 10.8. The largest absolute Gasteiger partial charge is 0.493 e. The summed E-state index contributed by atoms with van der Waals surface area (Å²) in [5.74, 6) is 1.51. The molecule has 166 valence electrons. The van der Waals surface area contributed by atoms with E-state index in [2.05, 4.69) is 23.1 Å². The van der Waals surface area contributed by atoms with Crippen LogP contribution in [-0.2, 0) is 15.7 Å². The van der Waals surface area contributed by atoms with Gasteiger partial charge in [0.25, 0.3) is 0 Å². The zero-order valence-electron chi connectivity index (χ0n) is 17.2. The average Bonchev–Trinajstić information content (AvgIpc) is 2.79. The Balaban J connectivity index is 1.41. The molecule has 2 atom stereocenters. The van der Waals surface area contributed by atoms with Crippen LogP contribution >= 0.6 is 0 Å². The summed E-state index contributed by atoms with van der Waals surface area (Å²) in [7, 11) is 0. The van der Waals surface area contributed by atoms with Gasteiger partial charge < -0.3 is 14.2 Å². The van der Waals surface area contributed by atoms with Gasteiger partial charge in [-0.05, 0) is 62.1 Å². The molecule has 31 heavy (non-hydrogen) atoms. The summed E-state index contributed by atoms with van der Waals surface area (Å²) in [4.78, 5) is 2.39. The van der Waals surface area contributed by atoms with E-state index in [1.807, 2.05) is 0 Å². The minimum atomic E-state index is -4.34. The van der Waals surface area contributed by atoms with Gasteiger partial charge in [0, 0.05) is 12.5 Å². The third-order valence-corrected chi connectivity index (χ3v) is 5.77. The van der Waals surface area contributed by atoms with Crippen molar-refractivity contribution in [3.63, 3.8) is 0 Å². The molecular weight excluding hydrogens is 407 g/mol. The van der Waals surface area contributed by atoms with E-state index in [9.17, 15) is 13.2 Å². The van der Waals surface area contributed by atoms with Gasteiger partial charge in [0.2, 0.25) is 0 Å². The molecule has 3 aliphatic rings. The van der Waals surface area contributed by atoms with Crippen molar-refractivity contribution >= 4 is 0 Å². The Morgan fingerprint density at radius 2 is 2.00 bits per heavy atom. The molecule has 1 fully saturated rings. The van der Waals surface area contributed by atoms with Crippen LogP contribution in [0.15, 0.2) is 72.6 Å². The molecule has 0 amide bonds.